The molecule has 2 heteroatoms. The minimum absolute atomic E-state index is 0.335. The van der Waals surface area contributed by atoms with E-state index in [1.165, 1.54) is 18.4 Å². The molecule has 0 aliphatic heterocycles. The number of carbonyl (C=O) groups excluding carboxylic acids is 1. The zero-order valence-electron chi connectivity index (χ0n) is 8.75. The molecular weight excluding hydrogens is 174 g/mol. The number of nitrogens with zero attached hydrogens (tertiary/aromatic N) is 1. The summed E-state index contributed by atoms with van der Waals surface area (Å²) < 4.78 is 2.18. The number of fused-ring (bicyclic) bond motifs is 1. The van der Waals surface area contributed by atoms with Crippen molar-refractivity contribution in [3.8, 4) is 0 Å². The second-order valence-electron chi connectivity index (χ2n) is 4.07. The highest BCUT2D eigenvalue weighted by Crippen LogP contribution is 2.22. The van der Waals surface area contributed by atoms with Gasteiger partial charge in [0.2, 0.25) is 0 Å². The third kappa shape index (κ3) is 1.74. The highest BCUT2D eigenvalue weighted by molar-refractivity contribution is 5.98. The molecule has 0 radical (unpaired) electrons. The fraction of sp³-hybridized carbons (Fsp3) is 0.583. The van der Waals surface area contributed by atoms with E-state index >= 15 is 0 Å². The maximum atomic E-state index is 11.6. The van der Waals surface area contributed by atoms with Gasteiger partial charge in [0.25, 0.3) is 0 Å². The van der Waals surface area contributed by atoms with Crippen molar-refractivity contribution in [2.75, 3.05) is 0 Å². The van der Waals surface area contributed by atoms with Crippen molar-refractivity contribution in [1.29, 1.82) is 0 Å². The van der Waals surface area contributed by atoms with Crippen LogP contribution in [0.25, 0.3) is 0 Å². The Morgan fingerprint density at radius 1 is 1.36 bits per heavy atom. The van der Waals surface area contributed by atoms with E-state index in [0.29, 0.717) is 5.78 Å². The number of Topliss-reactive ketones (excluding diaryl/α,β-unsaturated/α-hetero) is 1. The maximum Gasteiger partial charge on any atom is 0.164 e. The molecule has 0 fully saturated rings. The molecule has 0 atom stereocenters. The molecule has 2 nitrogen and oxygen atoms in total. The Hall–Kier alpha value is -1.05. The van der Waals surface area contributed by atoms with Crippen molar-refractivity contribution in [2.45, 2.75) is 45.6 Å². The number of unbranched alkanes of at least 4 members (excludes halogenated alkanes) is 1. The Morgan fingerprint density at radius 3 is 2.93 bits per heavy atom. The number of rotatable bonds is 3. The van der Waals surface area contributed by atoms with Crippen LogP contribution in [0.3, 0.4) is 0 Å². The summed E-state index contributed by atoms with van der Waals surface area (Å²) in [5, 5.41) is 0. The molecule has 1 aromatic rings. The number of aromatic nitrogens is 1. The molecule has 14 heavy (non-hydrogen) atoms. The highest BCUT2D eigenvalue weighted by atomic mass is 16.1. The Morgan fingerprint density at radius 2 is 2.21 bits per heavy atom. The largest absolute Gasteiger partial charge is 0.353 e. The van der Waals surface area contributed by atoms with Gasteiger partial charge in [-0.25, -0.2) is 0 Å². The van der Waals surface area contributed by atoms with Gasteiger partial charge < -0.3 is 4.57 Å². The first kappa shape index (κ1) is 9.50. The van der Waals surface area contributed by atoms with Crippen LogP contribution in [0.1, 0.15) is 48.5 Å². The molecule has 1 aliphatic carbocycles. The third-order valence-corrected chi connectivity index (χ3v) is 2.88. The fourth-order valence-corrected chi connectivity index (χ4v) is 2.05. The van der Waals surface area contributed by atoms with Crippen molar-refractivity contribution in [3.63, 3.8) is 0 Å². The second-order valence-corrected chi connectivity index (χ2v) is 4.07. The highest BCUT2D eigenvalue weighted by Gasteiger charge is 2.18. The van der Waals surface area contributed by atoms with E-state index in [2.05, 4.69) is 17.7 Å². The van der Waals surface area contributed by atoms with E-state index in [1.807, 2.05) is 6.20 Å². The minimum Gasteiger partial charge on any atom is -0.353 e. The lowest BCUT2D eigenvalue weighted by molar-refractivity contribution is 0.0973. The van der Waals surface area contributed by atoms with Crippen LogP contribution < -0.4 is 0 Å². The zero-order chi connectivity index (χ0) is 9.97. The molecular formula is C12H17NO. The number of hydrogen-bond acceptors (Lipinski definition) is 1. The van der Waals surface area contributed by atoms with Crippen molar-refractivity contribution in [1.82, 2.24) is 4.57 Å². The van der Waals surface area contributed by atoms with Crippen LogP contribution in [0.15, 0.2) is 12.4 Å². The van der Waals surface area contributed by atoms with Gasteiger partial charge in [-0.2, -0.15) is 0 Å². The quantitative estimate of drug-likeness (QED) is 0.720. The topological polar surface area (TPSA) is 22.0 Å². The smallest absolute Gasteiger partial charge is 0.164 e. The lowest BCUT2D eigenvalue weighted by Crippen LogP contribution is -2.07. The Balaban J connectivity index is 2.17. The first-order chi connectivity index (χ1) is 6.81. The van der Waals surface area contributed by atoms with Gasteiger partial charge in [0, 0.05) is 30.9 Å². The maximum absolute atomic E-state index is 11.6. The van der Waals surface area contributed by atoms with Crippen LogP contribution in [0.4, 0.5) is 0 Å². The summed E-state index contributed by atoms with van der Waals surface area (Å²) in [6.45, 7) is 3.24. The summed E-state index contributed by atoms with van der Waals surface area (Å²) in [4.78, 5) is 11.6. The number of aryl methyl sites for hydroxylation is 2. The first-order valence-corrected chi connectivity index (χ1v) is 5.53. The monoisotopic (exact) mass is 191 g/mol. The molecule has 2 rings (SSSR count). The Labute approximate surface area is 84.9 Å². The molecule has 76 valence electrons. The molecule has 0 unspecified atom stereocenters. The van der Waals surface area contributed by atoms with Gasteiger partial charge in [-0.3, -0.25) is 4.79 Å². The minimum atomic E-state index is 0.335. The first-order valence-electron chi connectivity index (χ1n) is 5.53. The van der Waals surface area contributed by atoms with E-state index in [0.717, 1.165) is 31.4 Å². The van der Waals surface area contributed by atoms with E-state index in [4.69, 9.17) is 0 Å². The third-order valence-electron chi connectivity index (χ3n) is 2.88. The van der Waals surface area contributed by atoms with Crippen molar-refractivity contribution < 1.29 is 4.79 Å². The van der Waals surface area contributed by atoms with Gasteiger partial charge in [0.05, 0.1) is 0 Å². The lowest BCUT2D eigenvalue weighted by atomic mass is 9.95. The van der Waals surface area contributed by atoms with Gasteiger partial charge in [-0.1, -0.05) is 13.3 Å². The number of carbonyl (C=O) groups is 1. The Bertz CT molecular complexity index is 338. The summed E-state index contributed by atoms with van der Waals surface area (Å²) in [7, 11) is 0. The van der Waals surface area contributed by atoms with Gasteiger partial charge in [-0.15, -0.1) is 0 Å². The molecule has 0 bridgehead atoms. The van der Waals surface area contributed by atoms with Gasteiger partial charge in [0.15, 0.2) is 5.78 Å². The summed E-state index contributed by atoms with van der Waals surface area (Å²) in [6, 6.07) is 0. The van der Waals surface area contributed by atoms with Crippen molar-refractivity contribution >= 4 is 5.78 Å². The van der Waals surface area contributed by atoms with Crippen LogP contribution in [-0.4, -0.2) is 10.4 Å². The van der Waals surface area contributed by atoms with E-state index in [1.54, 1.807) is 0 Å². The molecule has 0 aromatic carbocycles. The second kappa shape index (κ2) is 3.99. The fourth-order valence-electron chi connectivity index (χ4n) is 2.05. The summed E-state index contributed by atoms with van der Waals surface area (Å²) in [6.07, 6.45) is 9.45. The summed E-state index contributed by atoms with van der Waals surface area (Å²) in [5.41, 5.74) is 2.24. The van der Waals surface area contributed by atoms with Gasteiger partial charge in [-0.05, 0) is 24.8 Å². The van der Waals surface area contributed by atoms with E-state index < -0.39 is 0 Å². The van der Waals surface area contributed by atoms with Gasteiger partial charge >= 0.3 is 0 Å². The molecule has 1 aliphatic rings. The van der Waals surface area contributed by atoms with Crippen LogP contribution in [0, 0.1) is 0 Å². The van der Waals surface area contributed by atoms with E-state index in [-0.39, 0.29) is 0 Å². The van der Waals surface area contributed by atoms with Crippen LogP contribution in [-0.2, 0) is 13.0 Å². The normalized spacial score (nSPS) is 15.6. The van der Waals surface area contributed by atoms with Crippen LogP contribution in [0.5, 0.6) is 0 Å². The standard InChI is InChI=1S/C12H17NO/c1-2-3-7-13-8-10-5-4-6-12(14)11(10)9-13/h8-9H,2-7H2,1H3. The predicted molar refractivity (Wildman–Crippen MR) is 56.6 cm³/mol. The van der Waals surface area contributed by atoms with Crippen LogP contribution >= 0.6 is 0 Å². The molecule has 0 spiro atoms. The van der Waals surface area contributed by atoms with Gasteiger partial charge in [0.1, 0.15) is 0 Å². The summed E-state index contributed by atoms with van der Waals surface area (Å²) >= 11 is 0. The van der Waals surface area contributed by atoms with Crippen molar-refractivity contribution in [2.24, 2.45) is 0 Å². The molecule has 1 aromatic heterocycles. The lowest BCUT2D eigenvalue weighted by Gasteiger charge is -2.07. The SMILES string of the molecule is CCCCn1cc2c(c1)C(=O)CCC2. The average molecular weight is 191 g/mol. The van der Waals surface area contributed by atoms with Crippen molar-refractivity contribution in [3.05, 3.63) is 23.5 Å². The molecule has 0 saturated carbocycles. The molecule has 0 saturated heterocycles. The number of ketones is 1. The Kier molecular flexibility index (Phi) is 2.71. The van der Waals surface area contributed by atoms with Crippen LogP contribution in [0.2, 0.25) is 0 Å². The van der Waals surface area contributed by atoms with E-state index in [9.17, 15) is 4.79 Å². The molecule has 0 amide bonds. The average Bonchev–Trinajstić information content (AvgIpc) is 2.59. The molecule has 0 N–H and O–H groups in total. The zero-order valence-corrected chi connectivity index (χ0v) is 8.75. The summed E-state index contributed by atoms with van der Waals surface area (Å²) in [5.74, 6) is 0.335. The predicted octanol–water partition coefficient (Wildman–Crippen LogP) is 2.81. The molecule has 1 heterocycles. The number of hydrogen-bond donors (Lipinski definition) is 0.